The monoisotopic (exact) mass is 370 g/mol. The number of carbonyl (C=O) groups is 2. The van der Waals surface area contributed by atoms with Gasteiger partial charge >= 0.3 is 6.03 Å². The molecule has 0 aliphatic carbocycles. The summed E-state index contributed by atoms with van der Waals surface area (Å²) < 4.78 is 19.0. The molecule has 1 N–H and O–H groups in total. The van der Waals surface area contributed by atoms with E-state index in [1.807, 2.05) is 38.1 Å². The minimum Gasteiger partial charge on any atom is -0.493 e. The van der Waals surface area contributed by atoms with Gasteiger partial charge in [0.2, 0.25) is 0 Å². The summed E-state index contributed by atoms with van der Waals surface area (Å²) in [5.41, 5.74) is 0.485. The van der Waals surface area contributed by atoms with Crippen molar-refractivity contribution in [2.75, 3.05) is 13.2 Å². The molecule has 6 heteroatoms. The molecule has 0 radical (unpaired) electrons. The maximum absolute atomic E-state index is 13.2. The number of hydrogen-bond acceptors (Lipinski definition) is 3. The number of ether oxygens (including phenoxy) is 1. The van der Waals surface area contributed by atoms with Crippen molar-refractivity contribution in [1.82, 2.24) is 10.2 Å². The van der Waals surface area contributed by atoms with E-state index >= 15 is 0 Å². The molecule has 0 spiro atoms. The number of amides is 3. The molecule has 1 saturated heterocycles. The lowest BCUT2D eigenvalue weighted by molar-refractivity contribution is -0.131. The average molecular weight is 370 g/mol. The second kappa shape index (κ2) is 7.78. The number of para-hydroxylation sites is 1. The second-order valence-electron chi connectivity index (χ2n) is 6.62. The Hall–Kier alpha value is -2.89. The first-order valence-corrected chi connectivity index (χ1v) is 9.06. The molecular formula is C21H23FN2O3. The van der Waals surface area contributed by atoms with Crippen LogP contribution in [0.3, 0.4) is 0 Å². The summed E-state index contributed by atoms with van der Waals surface area (Å²) in [6.07, 6.45) is 0.913. The zero-order valence-corrected chi connectivity index (χ0v) is 15.5. The Morgan fingerprint density at radius 1 is 1.11 bits per heavy atom. The van der Waals surface area contributed by atoms with Gasteiger partial charge in [0.05, 0.1) is 6.61 Å². The molecule has 3 rings (SSSR count). The van der Waals surface area contributed by atoms with Crippen LogP contribution in [0.25, 0.3) is 0 Å². The van der Waals surface area contributed by atoms with Gasteiger partial charge in [0.25, 0.3) is 5.91 Å². The highest BCUT2D eigenvalue weighted by molar-refractivity contribution is 6.07. The first-order valence-electron chi connectivity index (χ1n) is 9.06. The van der Waals surface area contributed by atoms with E-state index in [4.69, 9.17) is 4.74 Å². The SMILES string of the molecule is CCC1(c2ccc(F)cc2)NC(=O)N(CCCOc2ccccc2C)C1=O. The minimum atomic E-state index is -1.14. The minimum absolute atomic E-state index is 0.263. The van der Waals surface area contributed by atoms with Crippen molar-refractivity contribution in [2.24, 2.45) is 0 Å². The number of halogens is 1. The zero-order valence-electron chi connectivity index (χ0n) is 15.5. The Morgan fingerprint density at radius 2 is 1.81 bits per heavy atom. The maximum Gasteiger partial charge on any atom is 0.325 e. The summed E-state index contributed by atoms with van der Waals surface area (Å²) in [6, 6.07) is 12.9. The van der Waals surface area contributed by atoms with Crippen molar-refractivity contribution in [1.29, 1.82) is 0 Å². The van der Waals surface area contributed by atoms with Gasteiger partial charge in [0.1, 0.15) is 17.1 Å². The Morgan fingerprint density at radius 3 is 2.48 bits per heavy atom. The lowest BCUT2D eigenvalue weighted by Crippen LogP contribution is -2.43. The van der Waals surface area contributed by atoms with Crippen LogP contribution >= 0.6 is 0 Å². The highest BCUT2D eigenvalue weighted by atomic mass is 19.1. The molecule has 0 aromatic heterocycles. The number of aryl methyl sites for hydroxylation is 1. The van der Waals surface area contributed by atoms with Crippen LogP contribution in [0, 0.1) is 12.7 Å². The molecule has 0 saturated carbocycles. The topological polar surface area (TPSA) is 58.6 Å². The molecule has 3 amide bonds. The van der Waals surface area contributed by atoms with E-state index in [2.05, 4.69) is 5.32 Å². The number of hydrogen-bond donors (Lipinski definition) is 1. The quantitative estimate of drug-likeness (QED) is 0.596. The maximum atomic E-state index is 13.2. The summed E-state index contributed by atoms with van der Waals surface area (Å²) in [5, 5.41) is 2.79. The number of nitrogens with one attached hydrogen (secondary N) is 1. The number of carbonyl (C=O) groups excluding carboxylic acids is 2. The van der Waals surface area contributed by atoms with Gasteiger partial charge in [-0.3, -0.25) is 9.69 Å². The zero-order chi connectivity index (χ0) is 19.4. The molecule has 1 aliphatic rings. The summed E-state index contributed by atoms with van der Waals surface area (Å²) >= 11 is 0. The highest BCUT2D eigenvalue weighted by Gasteiger charge is 2.50. The van der Waals surface area contributed by atoms with Crippen LogP contribution in [0.4, 0.5) is 9.18 Å². The Labute approximate surface area is 158 Å². The second-order valence-corrected chi connectivity index (χ2v) is 6.62. The summed E-state index contributed by atoms with van der Waals surface area (Å²) in [5.74, 6) is 0.105. The van der Waals surface area contributed by atoms with E-state index in [1.54, 1.807) is 12.1 Å². The first-order chi connectivity index (χ1) is 13.0. The molecule has 0 bridgehead atoms. The Kier molecular flexibility index (Phi) is 5.44. The third-order valence-electron chi connectivity index (χ3n) is 4.92. The fourth-order valence-corrected chi connectivity index (χ4v) is 3.33. The van der Waals surface area contributed by atoms with Crippen LogP contribution in [0.5, 0.6) is 5.75 Å². The van der Waals surface area contributed by atoms with Crippen LogP contribution in [0.2, 0.25) is 0 Å². The summed E-state index contributed by atoms with van der Waals surface area (Å²) in [7, 11) is 0. The van der Waals surface area contributed by atoms with E-state index in [-0.39, 0.29) is 18.3 Å². The van der Waals surface area contributed by atoms with Crippen LogP contribution < -0.4 is 10.1 Å². The molecule has 5 nitrogen and oxygen atoms in total. The molecule has 2 aromatic carbocycles. The summed E-state index contributed by atoms with van der Waals surface area (Å²) in [4.78, 5) is 26.6. The van der Waals surface area contributed by atoms with Crippen LogP contribution in [0.15, 0.2) is 48.5 Å². The van der Waals surface area contributed by atoms with E-state index < -0.39 is 11.6 Å². The van der Waals surface area contributed by atoms with Crippen LogP contribution in [0.1, 0.15) is 30.9 Å². The van der Waals surface area contributed by atoms with E-state index in [0.29, 0.717) is 25.0 Å². The fraction of sp³-hybridized carbons (Fsp3) is 0.333. The van der Waals surface area contributed by atoms with E-state index in [0.717, 1.165) is 11.3 Å². The van der Waals surface area contributed by atoms with Gasteiger partial charge in [0.15, 0.2) is 0 Å². The number of urea groups is 1. The Bertz CT molecular complexity index is 838. The molecule has 1 heterocycles. The predicted molar refractivity (Wildman–Crippen MR) is 99.9 cm³/mol. The molecule has 2 aromatic rings. The van der Waals surface area contributed by atoms with Crippen molar-refractivity contribution in [3.8, 4) is 5.75 Å². The van der Waals surface area contributed by atoms with Gasteiger partial charge < -0.3 is 10.1 Å². The standard InChI is InChI=1S/C21H23FN2O3/c1-3-21(16-9-11-17(22)12-10-16)19(25)24(20(26)23-21)13-6-14-27-18-8-5-4-7-15(18)2/h4-5,7-12H,3,6,13-14H2,1-2H3,(H,23,26). The largest absolute Gasteiger partial charge is 0.493 e. The van der Waals surface area contributed by atoms with Crippen molar-refractivity contribution in [3.63, 3.8) is 0 Å². The normalized spacial score (nSPS) is 19.3. The van der Waals surface area contributed by atoms with Crippen molar-refractivity contribution in [2.45, 2.75) is 32.2 Å². The highest BCUT2D eigenvalue weighted by Crippen LogP contribution is 2.32. The van der Waals surface area contributed by atoms with E-state index in [1.165, 1.54) is 17.0 Å². The summed E-state index contributed by atoms with van der Waals surface area (Å²) in [6.45, 7) is 4.45. The number of nitrogens with zero attached hydrogens (tertiary/aromatic N) is 1. The lowest BCUT2D eigenvalue weighted by Gasteiger charge is -2.25. The number of rotatable bonds is 7. The van der Waals surface area contributed by atoms with Crippen LogP contribution in [-0.4, -0.2) is 30.0 Å². The number of benzene rings is 2. The van der Waals surface area contributed by atoms with Gasteiger partial charge in [-0.25, -0.2) is 9.18 Å². The van der Waals surface area contributed by atoms with Crippen molar-refractivity contribution >= 4 is 11.9 Å². The number of imide groups is 1. The molecule has 1 unspecified atom stereocenters. The Balaban J connectivity index is 1.65. The van der Waals surface area contributed by atoms with Crippen molar-refractivity contribution < 1.29 is 18.7 Å². The fourth-order valence-electron chi connectivity index (χ4n) is 3.33. The molecular weight excluding hydrogens is 347 g/mol. The van der Waals surface area contributed by atoms with Gasteiger partial charge in [0, 0.05) is 6.54 Å². The van der Waals surface area contributed by atoms with Gasteiger partial charge in [-0.05, 0) is 49.1 Å². The van der Waals surface area contributed by atoms with Gasteiger partial charge in [-0.1, -0.05) is 37.3 Å². The lowest BCUT2D eigenvalue weighted by atomic mass is 9.87. The van der Waals surface area contributed by atoms with Gasteiger partial charge in [-0.15, -0.1) is 0 Å². The molecule has 1 atom stereocenters. The molecule has 142 valence electrons. The van der Waals surface area contributed by atoms with Crippen LogP contribution in [-0.2, 0) is 10.3 Å². The van der Waals surface area contributed by atoms with E-state index in [9.17, 15) is 14.0 Å². The predicted octanol–water partition coefficient (Wildman–Crippen LogP) is 3.76. The average Bonchev–Trinajstić information content (AvgIpc) is 2.92. The molecule has 1 aliphatic heterocycles. The first kappa shape index (κ1) is 18.9. The molecule has 1 fully saturated rings. The smallest absolute Gasteiger partial charge is 0.325 e. The van der Waals surface area contributed by atoms with Gasteiger partial charge in [-0.2, -0.15) is 0 Å². The third-order valence-corrected chi connectivity index (χ3v) is 4.92. The molecule has 27 heavy (non-hydrogen) atoms. The van der Waals surface area contributed by atoms with Crippen molar-refractivity contribution in [3.05, 3.63) is 65.5 Å². The third kappa shape index (κ3) is 3.65.